The molecule has 0 aromatic heterocycles. The van der Waals surface area contributed by atoms with Crippen LogP contribution in [0.5, 0.6) is 0 Å². The van der Waals surface area contributed by atoms with Crippen molar-refractivity contribution in [3.8, 4) is 0 Å². The molecule has 1 unspecified atom stereocenters. The van der Waals surface area contributed by atoms with E-state index in [-0.39, 0.29) is 0 Å². The van der Waals surface area contributed by atoms with Gasteiger partial charge in [0.15, 0.2) is 0 Å². The van der Waals surface area contributed by atoms with Gasteiger partial charge in [0.05, 0.1) is 0 Å². The van der Waals surface area contributed by atoms with Gasteiger partial charge in [-0.25, -0.2) is 8.78 Å². The summed E-state index contributed by atoms with van der Waals surface area (Å²) in [6.07, 6.45) is 1.20. The van der Waals surface area contributed by atoms with Crippen LogP contribution in [0.1, 0.15) is 26.7 Å². The maximum Gasteiger partial charge on any atom is 0.273 e. The second kappa shape index (κ2) is 3.86. The Bertz CT molecular complexity index is 93.6. The largest absolute Gasteiger partial charge is 0.390 e. The minimum atomic E-state index is -2.89. The first-order valence-electron chi connectivity index (χ1n) is 3.53. The van der Waals surface area contributed by atoms with Gasteiger partial charge in [-0.05, 0) is 6.42 Å². The number of rotatable bonds is 4. The fourth-order valence-corrected chi connectivity index (χ4v) is 0.800. The summed E-state index contributed by atoms with van der Waals surface area (Å²) in [4.78, 5) is 0. The normalized spacial score (nSPS) is 15.3. The Hall–Kier alpha value is -0.180. The lowest BCUT2D eigenvalue weighted by Gasteiger charge is -2.20. The van der Waals surface area contributed by atoms with Crippen LogP contribution in [-0.4, -0.2) is 17.6 Å². The number of hydrogen-bond donors (Lipinski definition) is 1. The Balaban J connectivity index is 3.78. The average Bonchev–Trinajstić information content (AvgIpc) is 1.89. The fourth-order valence-electron chi connectivity index (χ4n) is 0.800. The first-order chi connectivity index (χ1) is 4.54. The van der Waals surface area contributed by atoms with E-state index in [9.17, 15) is 8.78 Å². The summed E-state index contributed by atoms with van der Waals surface area (Å²) >= 11 is 0. The first-order valence-corrected chi connectivity index (χ1v) is 3.53. The number of hydrogen-bond acceptors (Lipinski definition) is 1. The highest BCUT2D eigenvalue weighted by molar-refractivity contribution is 4.71. The van der Waals surface area contributed by atoms with E-state index in [0.29, 0.717) is 6.42 Å². The molecule has 0 saturated carbocycles. The summed E-state index contributed by atoms with van der Waals surface area (Å²) in [7, 11) is 0. The van der Waals surface area contributed by atoms with Gasteiger partial charge in [0.25, 0.3) is 5.92 Å². The van der Waals surface area contributed by atoms with Gasteiger partial charge >= 0.3 is 0 Å². The molecule has 0 aliphatic rings. The molecule has 1 N–H and O–H groups in total. The van der Waals surface area contributed by atoms with E-state index in [1.807, 2.05) is 6.92 Å². The third-order valence-corrected chi connectivity index (χ3v) is 1.65. The number of aliphatic hydroxyl groups is 1. The zero-order valence-electron chi connectivity index (χ0n) is 6.40. The minimum absolute atomic E-state index is 0.466. The Morgan fingerprint density at radius 3 is 2.30 bits per heavy atom. The van der Waals surface area contributed by atoms with Gasteiger partial charge in [0.1, 0.15) is 6.61 Å². The molecule has 0 fully saturated rings. The van der Waals surface area contributed by atoms with E-state index in [1.165, 1.54) is 6.92 Å². The number of aliphatic hydroxyl groups excluding tert-OH is 1. The predicted octanol–water partition coefficient (Wildman–Crippen LogP) is 2.05. The van der Waals surface area contributed by atoms with Crippen LogP contribution in [0.15, 0.2) is 0 Å². The van der Waals surface area contributed by atoms with Crippen molar-refractivity contribution in [3.05, 3.63) is 0 Å². The highest BCUT2D eigenvalue weighted by atomic mass is 19.3. The molecule has 0 aliphatic heterocycles. The molecule has 0 aliphatic carbocycles. The molecule has 3 heteroatoms. The molecule has 0 amide bonds. The Morgan fingerprint density at radius 1 is 1.50 bits per heavy atom. The molecular formula is C7H14F2O. The average molecular weight is 152 g/mol. The van der Waals surface area contributed by atoms with E-state index < -0.39 is 18.4 Å². The van der Waals surface area contributed by atoms with Crippen LogP contribution < -0.4 is 0 Å². The molecule has 0 saturated heterocycles. The molecule has 0 aromatic rings. The molecule has 0 aromatic carbocycles. The summed E-state index contributed by atoms with van der Waals surface area (Å²) in [6.45, 7) is 2.28. The van der Waals surface area contributed by atoms with Crippen molar-refractivity contribution in [2.75, 3.05) is 6.61 Å². The van der Waals surface area contributed by atoms with Crippen LogP contribution in [0, 0.1) is 5.92 Å². The lowest BCUT2D eigenvalue weighted by Crippen LogP contribution is -2.30. The van der Waals surface area contributed by atoms with E-state index >= 15 is 0 Å². The van der Waals surface area contributed by atoms with Crippen LogP contribution >= 0.6 is 0 Å². The molecule has 62 valence electrons. The summed E-state index contributed by atoms with van der Waals surface area (Å²) in [5.41, 5.74) is 0. The van der Waals surface area contributed by atoms with Crippen molar-refractivity contribution in [2.24, 2.45) is 5.92 Å². The lowest BCUT2D eigenvalue weighted by atomic mass is 9.99. The van der Waals surface area contributed by atoms with Crippen molar-refractivity contribution >= 4 is 0 Å². The molecule has 1 nitrogen and oxygen atoms in total. The third-order valence-electron chi connectivity index (χ3n) is 1.65. The second-order valence-corrected chi connectivity index (χ2v) is 2.61. The Labute approximate surface area is 60.1 Å². The third kappa shape index (κ3) is 2.60. The summed E-state index contributed by atoms with van der Waals surface area (Å²) in [6, 6.07) is 0. The van der Waals surface area contributed by atoms with Crippen LogP contribution in [0.3, 0.4) is 0 Å². The molecule has 0 radical (unpaired) electrons. The van der Waals surface area contributed by atoms with Gasteiger partial charge in [-0.1, -0.05) is 20.3 Å². The molecular weight excluding hydrogens is 138 g/mol. The Kier molecular flexibility index (Phi) is 3.79. The minimum Gasteiger partial charge on any atom is -0.390 e. The lowest BCUT2D eigenvalue weighted by molar-refractivity contribution is -0.0942. The summed E-state index contributed by atoms with van der Waals surface area (Å²) in [5, 5.41) is 8.24. The monoisotopic (exact) mass is 152 g/mol. The Morgan fingerprint density at radius 2 is 2.00 bits per heavy atom. The molecule has 1 atom stereocenters. The fraction of sp³-hybridized carbons (Fsp3) is 1.00. The standard InChI is InChI=1S/C7H14F2O/c1-3-4-6(2)7(8,9)5-10/h6,10H,3-5H2,1-2H3. The zero-order chi connectivity index (χ0) is 8.20. The SMILES string of the molecule is CCCC(C)C(F)(F)CO. The second-order valence-electron chi connectivity index (χ2n) is 2.61. The van der Waals surface area contributed by atoms with E-state index in [2.05, 4.69) is 0 Å². The highest BCUT2D eigenvalue weighted by Crippen LogP contribution is 2.26. The molecule has 0 rings (SSSR count). The van der Waals surface area contributed by atoms with Crippen molar-refractivity contribution < 1.29 is 13.9 Å². The van der Waals surface area contributed by atoms with Crippen molar-refractivity contribution in [1.29, 1.82) is 0 Å². The smallest absolute Gasteiger partial charge is 0.273 e. The topological polar surface area (TPSA) is 20.2 Å². The van der Waals surface area contributed by atoms with Crippen LogP contribution in [0.2, 0.25) is 0 Å². The van der Waals surface area contributed by atoms with Crippen molar-refractivity contribution in [1.82, 2.24) is 0 Å². The van der Waals surface area contributed by atoms with Crippen LogP contribution in [0.25, 0.3) is 0 Å². The number of halogens is 2. The van der Waals surface area contributed by atoms with Crippen molar-refractivity contribution in [3.63, 3.8) is 0 Å². The molecule has 0 spiro atoms. The van der Waals surface area contributed by atoms with E-state index in [1.54, 1.807) is 0 Å². The van der Waals surface area contributed by atoms with E-state index in [0.717, 1.165) is 6.42 Å². The van der Waals surface area contributed by atoms with Gasteiger partial charge in [0, 0.05) is 5.92 Å². The van der Waals surface area contributed by atoms with Gasteiger partial charge in [-0.2, -0.15) is 0 Å². The predicted molar refractivity (Wildman–Crippen MR) is 36.1 cm³/mol. The van der Waals surface area contributed by atoms with E-state index in [4.69, 9.17) is 5.11 Å². The quantitative estimate of drug-likeness (QED) is 0.653. The zero-order valence-corrected chi connectivity index (χ0v) is 6.40. The van der Waals surface area contributed by atoms with Gasteiger partial charge in [0.2, 0.25) is 0 Å². The maximum atomic E-state index is 12.5. The van der Waals surface area contributed by atoms with Crippen LogP contribution in [0.4, 0.5) is 8.78 Å². The molecule has 10 heavy (non-hydrogen) atoms. The highest BCUT2D eigenvalue weighted by Gasteiger charge is 2.34. The van der Waals surface area contributed by atoms with Gasteiger partial charge < -0.3 is 5.11 Å². The maximum absolute atomic E-state index is 12.5. The van der Waals surface area contributed by atoms with Gasteiger partial charge in [-0.15, -0.1) is 0 Å². The summed E-state index contributed by atoms with van der Waals surface area (Å²) < 4.78 is 25.0. The molecule has 0 heterocycles. The van der Waals surface area contributed by atoms with Gasteiger partial charge in [-0.3, -0.25) is 0 Å². The van der Waals surface area contributed by atoms with Crippen LogP contribution in [-0.2, 0) is 0 Å². The number of alkyl halides is 2. The molecule has 0 bridgehead atoms. The summed E-state index contributed by atoms with van der Waals surface area (Å²) in [5.74, 6) is -3.60. The van der Waals surface area contributed by atoms with Crippen molar-refractivity contribution in [2.45, 2.75) is 32.6 Å². The first kappa shape index (κ1) is 9.82.